The number of para-hydroxylation sites is 1. The van der Waals surface area contributed by atoms with Crippen LogP contribution in [0.1, 0.15) is 30.6 Å². The van der Waals surface area contributed by atoms with Gasteiger partial charge in [-0.2, -0.15) is 0 Å². The van der Waals surface area contributed by atoms with Crippen molar-refractivity contribution in [2.45, 2.75) is 31.9 Å². The number of anilines is 1. The highest BCUT2D eigenvalue weighted by Crippen LogP contribution is 2.32. The van der Waals surface area contributed by atoms with Crippen LogP contribution in [0.15, 0.2) is 18.2 Å². The van der Waals surface area contributed by atoms with Crippen LogP contribution in [-0.2, 0) is 4.74 Å². The second-order valence-corrected chi connectivity index (χ2v) is 5.59. The molecule has 1 saturated heterocycles. The molecular weight excluding hydrogens is 256 g/mol. The summed E-state index contributed by atoms with van der Waals surface area (Å²) in [5.74, 6) is 0.539. The Morgan fingerprint density at radius 2 is 2.30 bits per heavy atom. The molecule has 5 heteroatoms. The number of nitrogens with one attached hydrogen (secondary N) is 2. The molecule has 1 amide bonds. The maximum absolute atomic E-state index is 12.5. The first-order chi connectivity index (χ1) is 9.60. The van der Waals surface area contributed by atoms with E-state index in [0.717, 1.165) is 18.7 Å². The number of carbonyl (C=O) groups is 1. The summed E-state index contributed by atoms with van der Waals surface area (Å²) in [4.78, 5) is 12.5. The Hall–Kier alpha value is -1.75. The Labute approximate surface area is 118 Å². The molecule has 0 bridgehead atoms. The van der Waals surface area contributed by atoms with E-state index in [0.29, 0.717) is 24.5 Å². The molecule has 0 spiro atoms. The van der Waals surface area contributed by atoms with Gasteiger partial charge in [-0.3, -0.25) is 4.79 Å². The van der Waals surface area contributed by atoms with Gasteiger partial charge in [-0.25, -0.2) is 0 Å². The summed E-state index contributed by atoms with van der Waals surface area (Å²) >= 11 is 0. The van der Waals surface area contributed by atoms with Crippen LogP contribution in [0.5, 0.6) is 5.75 Å². The quantitative estimate of drug-likeness (QED) is 0.864. The third-order valence-electron chi connectivity index (χ3n) is 4.21. The predicted octanol–water partition coefficient (Wildman–Crippen LogP) is 1.79. The Bertz CT molecular complexity index is 532. The molecule has 0 aromatic heterocycles. The molecule has 2 aliphatic rings. The van der Waals surface area contributed by atoms with Crippen molar-refractivity contribution in [1.29, 1.82) is 0 Å². The van der Waals surface area contributed by atoms with E-state index in [2.05, 4.69) is 10.6 Å². The van der Waals surface area contributed by atoms with E-state index >= 15 is 0 Å². The predicted molar refractivity (Wildman–Crippen MR) is 76.3 cm³/mol. The lowest BCUT2D eigenvalue weighted by molar-refractivity contribution is 0.0725. The Morgan fingerprint density at radius 1 is 1.45 bits per heavy atom. The van der Waals surface area contributed by atoms with Gasteiger partial charge in [0.25, 0.3) is 5.91 Å². The van der Waals surface area contributed by atoms with Crippen LogP contribution in [0.25, 0.3) is 0 Å². The van der Waals surface area contributed by atoms with Gasteiger partial charge in [0.15, 0.2) is 5.75 Å². The number of amides is 1. The van der Waals surface area contributed by atoms with Crippen molar-refractivity contribution in [2.24, 2.45) is 0 Å². The van der Waals surface area contributed by atoms with E-state index in [4.69, 9.17) is 9.47 Å². The minimum absolute atomic E-state index is 0.0185. The monoisotopic (exact) mass is 276 g/mol. The fraction of sp³-hybridized carbons (Fsp3) is 0.533. The van der Waals surface area contributed by atoms with Crippen molar-refractivity contribution in [2.75, 3.05) is 25.1 Å². The molecule has 2 N–H and O–H groups in total. The molecule has 0 saturated carbocycles. The highest BCUT2D eigenvalue weighted by atomic mass is 16.5. The fourth-order valence-electron chi connectivity index (χ4n) is 2.68. The molecular formula is C15H20N2O3. The van der Waals surface area contributed by atoms with Crippen molar-refractivity contribution in [3.05, 3.63) is 23.8 Å². The summed E-state index contributed by atoms with van der Waals surface area (Å²) < 4.78 is 11.2. The third kappa shape index (κ3) is 2.22. The standard InChI is InChI=1S/C15H20N2O3/c1-10-15(2,6-8-19-10)17-14(18)11-4-3-5-12-13(11)20-9-7-16-12/h3-5,10,16H,6-9H2,1-2H3,(H,17,18). The lowest BCUT2D eigenvalue weighted by Crippen LogP contribution is -2.50. The zero-order valence-corrected chi connectivity index (χ0v) is 11.9. The molecule has 20 heavy (non-hydrogen) atoms. The first kappa shape index (κ1) is 13.2. The van der Waals surface area contributed by atoms with Crippen LogP contribution in [0.2, 0.25) is 0 Å². The van der Waals surface area contributed by atoms with E-state index in [1.54, 1.807) is 6.07 Å². The molecule has 2 atom stereocenters. The lowest BCUT2D eigenvalue weighted by atomic mass is 9.94. The van der Waals surface area contributed by atoms with Crippen LogP contribution in [0.3, 0.4) is 0 Å². The van der Waals surface area contributed by atoms with Crippen LogP contribution in [0.4, 0.5) is 5.69 Å². The van der Waals surface area contributed by atoms with Gasteiger partial charge in [0.1, 0.15) is 6.61 Å². The van der Waals surface area contributed by atoms with E-state index in [1.807, 2.05) is 26.0 Å². The Kier molecular flexibility index (Phi) is 3.30. The first-order valence-electron chi connectivity index (χ1n) is 7.04. The second-order valence-electron chi connectivity index (χ2n) is 5.59. The molecule has 108 valence electrons. The molecule has 1 aromatic rings. The van der Waals surface area contributed by atoms with E-state index in [9.17, 15) is 4.79 Å². The molecule has 1 aromatic carbocycles. The van der Waals surface area contributed by atoms with Gasteiger partial charge >= 0.3 is 0 Å². The average Bonchev–Trinajstić information content (AvgIpc) is 2.77. The second kappa shape index (κ2) is 4.98. The average molecular weight is 276 g/mol. The van der Waals surface area contributed by atoms with E-state index < -0.39 is 0 Å². The van der Waals surface area contributed by atoms with E-state index in [-0.39, 0.29) is 17.6 Å². The Balaban J connectivity index is 1.84. The zero-order valence-electron chi connectivity index (χ0n) is 11.9. The van der Waals surface area contributed by atoms with Crippen LogP contribution >= 0.6 is 0 Å². The summed E-state index contributed by atoms with van der Waals surface area (Å²) in [6.45, 7) is 6.04. The smallest absolute Gasteiger partial charge is 0.255 e. The first-order valence-corrected chi connectivity index (χ1v) is 7.04. The van der Waals surface area contributed by atoms with Gasteiger partial charge in [-0.15, -0.1) is 0 Å². The number of benzene rings is 1. The number of ether oxygens (including phenoxy) is 2. The maximum Gasteiger partial charge on any atom is 0.255 e. The number of rotatable bonds is 2. The van der Waals surface area contributed by atoms with Crippen molar-refractivity contribution in [1.82, 2.24) is 5.32 Å². The maximum atomic E-state index is 12.5. The molecule has 2 heterocycles. The van der Waals surface area contributed by atoms with Gasteiger partial charge in [0.05, 0.1) is 22.9 Å². The highest BCUT2D eigenvalue weighted by Gasteiger charge is 2.39. The number of carbonyl (C=O) groups excluding carboxylic acids is 1. The number of hydrogen-bond donors (Lipinski definition) is 2. The normalized spacial score (nSPS) is 28.2. The van der Waals surface area contributed by atoms with Crippen LogP contribution in [0, 0.1) is 0 Å². The number of hydrogen-bond acceptors (Lipinski definition) is 4. The van der Waals surface area contributed by atoms with Gasteiger partial charge < -0.3 is 20.1 Å². The summed E-state index contributed by atoms with van der Waals surface area (Å²) in [7, 11) is 0. The molecule has 1 fully saturated rings. The van der Waals surface area contributed by atoms with Crippen molar-refractivity contribution < 1.29 is 14.3 Å². The Morgan fingerprint density at radius 3 is 3.05 bits per heavy atom. The van der Waals surface area contributed by atoms with Crippen LogP contribution < -0.4 is 15.4 Å². The minimum atomic E-state index is -0.318. The van der Waals surface area contributed by atoms with Crippen molar-refractivity contribution >= 4 is 11.6 Å². The zero-order chi connectivity index (χ0) is 14.2. The minimum Gasteiger partial charge on any atom is -0.489 e. The number of fused-ring (bicyclic) bond motifs is 1. The molecule has 0 aliphatic carbocycles. The van der Waals surface area contributed by atoms with Gasteiger partial charge in [0.2, 0.25) is 0 Å². The van der Waals surface area contributed by atoms with Gasteiger partial charge in [-0.1, -0.05) is 6.07 Å². The fourth-order valence-corrected chi connectivity index (χ4v) is 2.68. The van der Waals surface area contributed by atoms with Crippen molar-refractivity contribution in [3.8, 4) is 5.75 Å². The summed E-state index contributed by atoms with van der Waals surface area (Å²) in [5, 5.41) is 6.34. The SMILES string of the molecule is CC1OCCC1(C)NC(=O)c1cccc2c1OCCN2. The van der Waals surface area contributed by atoms with Gasteiger partial charge in [0, 0.05) is 13.2 Å². The molecule has 5 nitrogen and oxygen atoms in total. The van der Waals surface area contributed by atoms with Crippen molar-refractivity contribution in [3.63, 3.8) is 0 Å². The third-order valence-corrected chi connectivity index (χ3v) is 4.21. The lowest BCUT2D eigenvalue weighted by Gasteiger charge is -2.30. The highest BCUT2D eigenvalue weighted by molar-refractivity contribution is 5.99. The molecule has 2 unspecified atom stereocenters. The largest absolute Gasteiger partial charge is 0.489 e. The van der Waals surface area contributed by atoms with Gasteiger partial charge in [-0.05, 0) is 32.4 Å². The topological polar surface area (TPSA) is 59.6 Å². The molecule has 0 radical (unpaired) electrons. The summed E-state index contributed by atoms with van der Waals surface area (Å²) in [6, 6.07) is 5.59. The van der Waals surface area contributed by atoms with Crippen LogP contribution in [-0.4, -0.2) is 37.3 Å². The van der Waals surface area contributed by atoms with E-state index in [1.165, 1.54) is 0 Å². The summed E-state index contributed by atoms with van der Waals surface area (Å²) in [6.07, 6.45) is 0.846. The summed E-state index contributed by atoms with van der Waals surface area (Å²) in [5.41, 5.74) is 1.14. The molecule has 3 rings (SSSR count). The molecule has 2 aliphatic heterocycles.